The number of hydrogen-bond donors (Lipinski definition) is 3. The number of benzene rings is 1. The molecule has 5 heteroatoms. The van der Waals surface area contributed by atoms with E-state index in [2.05, 4.69) is 10.6 Å². The van der Waals surface area contributed by atoms with Crippen molar-refractivity contribution in [2.45, 2.75) is 51.5 Å². The van der Waals surface area contributed by atoms with Crippen LogP contribution in [0.2, 0.25) is 0 Å². The Morgan fingerprint density at radius 1 is 1.10 bits per heavy atom. The molecule has 0 atom stereocenters. The Bertz CT molecular complexity index is 520. The van der Waals surface area contributed by atoms with Crippen LogP contribution in [0.5, 0.6) is 0 Å². The van der Waals surface area contributed by atoms with Crippen molar-refractivity contribution in [2.75, 3.05) is 11.1 Å². The number of amides is 2. The molecule has 1 fully saturated rings. The quantitative estimate of drug-likeness (QED) is 0.444. The van der Waals surface area contributed by atoms with E-state index in [4.69, 9.17) is 5.73 Å². The normalized spacial score (nSPS) is 16.0. The Kier molecular flexibility index (Phi) is 5.20. The topological polar surface area (TPSA) is 84.2 Å². The highest BCUT2D eigenvalue weighted by Crippen LogP contribution is 2.20. The summed E-state index contributed by atoms with van der Waals surface area (Å²) < 4.78 is 0. The fourth-order valence-electron chi connectivity index (χ4n) is 2.63. The molecular weight excluding hydrogens is 266 g/mol. The van der Waals surface area contributed by atoms with E-state index < -0.39 is 11.8 Å². The zero-order chi connectivity index (χ0) is 15.2. The SMILES string of the molecule is Cc1ccc(N)c(NC(=O)C(=O)NC2CCCCCC2)c1. The van der Waals surface area contributed by atoms with Crippen LogP contribution in [0.15, 0.2) is 18.2 Å². The average Bonchev–Trinajstić information content (AvgIpc) is 2.71. The van der Waals surface area contributed by atoms with E-state index in [0.29, 0.717) is 11.4 Å². The minimum atomic E-state index is -0.656. The Labute approximate surface area is 125 Å². The van der Waals surface area contributed by atoms with Gasteiger partial charge in [-0.15, -0.1) is 0 Å². The lowest BCUT2D eigenvalue weighted by Crippen LogP contribution is -2.41. The molecule has 0 radical (unpaired) electrons. The van der Waals surface area contributed by atoms with E-state index in [1.165, 1.54) is 12.8 Å². The molecule has 1 aliphatic carbocycles. The fraction of sp³-hybridized carbons (Fsp3) is 0.500. The Morgan fingerprint density at radius 3 is 2.43 bits per heavy atom. The third kappa shape index (κ3) is 4.48. The number of nitrogen functional groups attached to an aromatic ring is 1. The Hall–Kier alpha value is -2.04. The Morgan fingerprint density at radius 2 is 1.76 bits per heavy atom. The van der Waals surface area contributed by atoms with Crippen LogP contribution in [0.4, 0.5) is 11.4 Å². The van der Waals surface area contributed by atoms with Crippen LogP contribution in [0, 0.1) is 6.92 Å². The van der Waals surface area contributed by atoms with E-state index in [1.807, 2.05) is 13.0 Å². The van der Waals surface area contributed by atoms with Crippen LogP contribution in [0.1, 0.15) is 44.1 Å². The van der Waals surface area contributed by atoms with Gasteiger partial charge in [-0.05, 0) is 37.5 Å². The molecule has 1 saturated carbocycles. The van der Waals surface area contributed by atoms with E-state index in [0.717, 1.165) is 31.2 Å². The molecule has 114 valence electrons. The molecule has 0 aromatic heterocycles. The number of hydrogen-bond acceptors (Lipinski definition) is 3. The number of rotatable bonds is 2. The summed E-state index contributed by atoms with van der Waals surface area (Å²) in [6.45, 7) is 1.90. The molecule has 0 bridgehead atoms. The van der Waals surface area contributed by atoms with Crippen molar-refractivity contribution in [2.24, 2.45) is 0 Å². The summed E-state index contributed by atoms with van der Waals surface area (Å²) in [7, 11) is 0. The van der Waals surface area contributed by atoms with Gasteiger partial charge in [0.1, 0.15) is 0 Å². The maximum absolute atomic E-state index is 12.0. The van der Waals surface area contributed by atoms with Crippen molar-refractivity contribution in [3.63, 3.8) is 0 Å². The molecule has 21 heavy (non-hydrogen) atoms. The summed E-state index contributed by atoms with van der Waals surface area (Å²) in [5, 5.41) is 5.40. The van der Waals surface area contributed by atoms with Gasteiger partial charge in [-0.1, -0.05) is 31.7 Å². The number of carbonyl (C=O) groups is 2. The van der Waals surface area contributed by atoms with Gasteiger partial charge in [-0.2, -0.15) is 0 Å². The molecule has 0 aliphatic heterocycles. The maximum Gasteiger partial charge on any atom is 0.313 e. The highest BCUT2D eigenvalue weighted by molar-refractivity contribution is 6.40. The number of nitrogens with two attached hydrogens (primary N) is 1. The molecule has 0 heterocycles. The number of aryl methyl sites for hydroxylation is 1. The van der Waals surface area contributed by atoms with Gasteiger partial charge < -0.3 is 16.4 Å². The fourth-order valence-corrected chi connectivity index (χ4v) is 2.63. The lowest BCUT2D eigenvalue weighted by atomic mass is 10.1. The minimum Gasteiger partial charge on any atom is -0.397 e. The van der Waals surface area contributed by atoms with Crippen LogP contribution in [-0.4, -0.2) is 17.9 Å². The number of anilines is 2. The molecular formula is C16H23N3O2. The van der Waals surface area contributed by atoms with Gasteiger partial charge in [0, 0.05) is 6.04 Å². The monoisotopic (exact) mass is 289 g/mol. The summed E-state index contributed by atoms with van der Waals surface area (Å²) in [6, 6.07) is 5.44. The van der Waals surface area contributed by atoms with E-state index in [1.54, 1.807) is 12.1 Å². The highest BCUT2D eigenvalue weighted by Gasteiger charge is 2.20. The molecule has 0 spiro atoms. The summed E-state index contributed by atoms with van der Waals surface area (Å²) in [5.41, 5.74) is 7.71. The van der Waals surface area contributed by atoms with Crippen molar-refractivity contribution in [1.29, 1.82) is 0 Å². The van der Waals surface area contributed by atoms with Crippen molar-refractivity contribution in [3.8, 4) is 0 Å². The first-order valence-corrected chi connectivity index (χ1v) is 7.54. The number of nitrogens with one attached hydrogen (secondary N) is 2. The molecule has 1 aromatic carbocycles. The van der Waals surface area contributed by atoms with Crippen molar-refractivity contribution < 1.29 is 9.59 Å². The van der Waals surface area contributed by atoms with E-state index in [9.17, 15) is 9.59 Å². The molecule has 0 saturated heterocycles. The van der Waals surface area contributed by atoms with E-state index >= 15 is 0 Å². The van der Waals surface area contributed by atoms with E-state index in [-0.39, 0.29) is 6.04 Å². The summed E-state index contributed by atoms with van der Waals surface area (Å²) in [5.74, 6) is -1.24. The summed E-state index contributed by atoms with van der Waals surface area (Å²) >= 11 is 0. The molecule has 1 aromatic rings. The molecule has 2 amide bonds. The highest BCUT2D eigenvalue weighted by atomic mass is 16.2. The molecule has 5 nitrogen and oxygen atoms in total. The van der Waals surface area contributed by atoms with Crippen LogP contribution >= 0.6 is 0 Å². The second-order valence-corrected chi connectivity index (χ2v) is 5.71. The molecule has 2 rings (SSSR count). The largest absolute Gasteiger partial charge is 0.397 e. The predicted octanol–water partition coefficient (Wildman–Crippen LogP) is 2.35. The lowest BCUT2D eigenvalue weighted by molar-refractivity contribution is -0.136. The first-order chi connectivity index (χ1) is 10.1. The van der Waals surface area contributed by atoms with Crippen molar-refractivity contribution >= 4 is 23.2 Å². The first kappa shape index (κ1) is 15.4. The van der Waals surface area contributed by atoms with Gasteiger partial charge in [-0.25, -0.2) is 0 Å². The third-order valence-electron chi connectivity index (χ3n) is 3.85. The van der Waals surface area contributed by atoms with Gasteiger partial charge in [0.15, 0.2) is 0 Å². The van der Waals surface area contributed by atoms with Crippen LogP contribution < -0.4 is 16.4 Å². The maximum atomic E-state index is 12.0. The summed E-state index contributed by atoms with van der Waals surface area (Å²) in [6.07, 6.45) is 6.53. The second kappa shape index (κ2) is 7.11. The van der Waals surface area contributed by atoms with Crippen LogP contribution in [0.3, 0.4) is 0 Å². The van der Waals surface area contributed by atoms with Gasteiger partial charge >= 0.3 is 11.8 Å². The zero-order valence-corrected chi connectivity index (χ0v) is 12.4. The average molecular weight is 289 g/mol. The van der Waals surface area contributed by atoms with Crippen LogP contribution in [-0.2, 0) is 9.59 Å². The van der Waals surface area contributed by atoms with Crippen LogP contribution in [0.25, 0.3) is 0 Å². The molecule has 0 unspecified atom stereocenters. The smallest absolute Gasteiger partial charge is 0.313 e. The minimum absolute atomic E-state index is 0.112. The van der Waals surface area contributed by atoms with Crippen molar-refractivity contribution in [3.05, 3.63) is 23.8 Å². The predicted molar refractivity (Wildman–Crippen MR) is 83.9 cm³/mol. The lowest BCUT2D eigenvalue weighted by Gasteiger charge is -2.16. The molecule has 1 aliphatic rings. The van der Waals surface area contributed by atoms with Gasteiger partial charge in [0.2, 0.25) is 0 Å². The third-order valence-corrected chi connectivity index (χ3v) is 3.85. The van der Waals surface area contributed by atoms with Gasteiger partial charge in [0.25, 0.3) is 0 Å². The van der Waals surface area contributed by atoms with Gasteiger partial charge in [0.05, 0.1) is 11.4 Å². The second-order valence-electron chi connectivity index (χ2n) is 5.71. The Balaban J connectivity index is 1.92. The van der Waals surface area contributed by atoms with Crippen molar-refractivity contribution in [1.82, 2.24) is 5.32 Å². The molecule has 4 N–H and O–H groups in total. The standard InChI is InChI=1S/C16H23N3O2/c1-11-8-9-13(17)14(10-11)19-16(21)15(20)18-12-6-4-2-3-5-7-12/h8-10,12H,2-7,17H2,1H3,(H,18,20)(H,19,21). The number of carbonyl (C=O) groups excluding carboxylic acids is 2. The summed E-state index contributed by atoms with van der Waals surface area (Å²) in [4.78, 5) is 23.9. The zero-order valence-electron chi connectivity index (χ0n) is 12.4. The first-order valence-electron chi connectivity index (χ1n) is 7.54. The van der Waals surface area contributed by atoms with Gasteiger partial charge in [-0.3, -0.25) is 9.59 Å².